The minimum atomic E-state index is -0.247. The van der Waals surface area contributed by atoms with Gasteiger partial charge in [0.05, 0.1) is 17.7 Å². The number of allylic oxidation sites excluding steroid dienone is 2. The summed E-state index contributed by atoms with van der Waals surface area (Å²) in [7, 11) is 0. The quantitative estimate of drug-likeness (QED) is 0.853. The number of amides is 2. The van der Waals surface area contributed by atoms with E-state index in [4.69, 9.17) is 0 Å². The lowest BCUT2D eigenvalue weighted by Gasteiger charge is -2.17. The van der Waals surface area contributed by atoms with E-state index in [1.165, 1.54) is 0 Å². The highest BCUT2D eigenvalue weighted by atomic mass is 16.2. The van der Waals surface area contributed by atoms with Gasteiger partial charge in [0.15, 0.2) is 0 Å². The first-order valence-electron chi connectivity index (χ1n) is 7.80. The number of pyridine rings is 1. The molecule has 0 spiro atoms. The van der Waals surface area contributed by atoms with E-state index < -0.39 is 0 Å². The Labute approximate surface area is 134 Å². The maximum atomic E-state index is 12.1. The maximum absolute atomic E-state index is 12.1. The lowest BCUT2D eigenvalue weighted by Crippen LogP contribution is -2.37. The predicted octanol–water partition coefficient (Wildman–Crippen LogP) is 2.65. The van der Waals surface area contributed by atoms with Crippen LogP contribution in [0.15, 0.2) is 48.7 Å². The van der Waals surface area contributed by atoms with E-state index in [2.05, 4.69) is 21.7 Å². The third-order valence-electron chi connectivity index (χ3n) is 3.97. The smallest absolute Gasteiger partial charge is 0.243 e. The van der Waals surface area contributed by atoms with Gasteiger partial charge in [0, 0.05) is 17.5 Å². The zero-order valence-electron chi connectivity index (χ0n) is 12.8. The van der Waals surface area contributed by atoms with Crippen LogP contribution in [0.25, 0.3) is 10.9 Å². The number of fused-ring (bicyclic) bond motifs is 1. The van der Waals surface area contributed by atoms with Crippen molar-refractivity contribution in [1.82, 2.24) is 10.3 Å². The summed E-state index contributed by atoms with van der Waals surface area (Å²) in [5, 5.41) is 6.49. The van der Waals surface area contributed by atoms with E-state index in [-0.39, 0.29) is 24.3 Å². The number of carbonyl (C=O) groups is 2. The van der Waals surface area contributed by atoms with Gasteiger partial charge in [-0.05, 0) is 31.4 Å². The first kappa shape index (κ1) is 15.2. The molecule has 0 unspecified atom stereocenters. The Balaban J connectivity index is 1.58. The average Bonchev–Trinajstić information content (AvgIpc) is 2.61. The lowest BCUT2D eigenvalue weighted by atomic mass is 9.94. The van der Waals surface area contributed by atoms with Gasteiger partial charge in [-0.25, -0.2) is 0 Å². The van der Waals surface area contributed by atoms with Gasteiger partial charge in [-0.2, -0.15) is 0 Å². The molecule has 1 heterocycles. The number of para-hydroxylation sites is 1. The van der Waals surface area contributed by atoms with Crippen LogP contribution in [0.4, 0.5) is 5.69 Å². The Morgan fingerprint density at radius 1 is 1.17 bits per heavy atom. The molecule has 1 aromatic carbocycles. The zero-order chi connectivity index (χ0) is 16.1. The van der Waals surface area contributed by atoms with Crippen molar-refractivity contribution in [2.24, 2.45) is 5.92 Å². The summed E-state index contributed by atoms with van der Waals surface area (Å²) < 4.78 is 0. The molecular formula is C18H19N3O2. The highest BCUT2D eigenvalue weighted by Gasteiger charge is 2.19. The second-order valence-corrected chi connectivity index (χ2v) is 5.63. The van der Waals surface area contributed by atoms with Crippen molar-refractivity contribution < 1.29 is 9.59 Å². The van der Waals surface area contributed by atoms with Crippen LogP contribution in [0.3, 0.4) is 0 Å². The molecule has 0 bridgehead atoms. The van der Waals surface area contributed by atoms with E-state index >= 15 is 0 Å². The number of benzene rings is 1. The molecule has 5 nitrogen and oxygen atoms in total. The topological polar surface area (TPSA) is 71.1 Å². The van der Waals surface area contributed by atoms with Crippen molar-refractivity contribution in [3.63, 3.8) is 0 Å². The number of hydrogen-bond donors (Lipinski definition) is 2. The summed E-state index contributed by atoms with van der Waals surface area (Å²) in [6.45, 7) is -0.0255. The Hall–Kier alpha value is -2.69. The van der Waals surface area contributed by atoms with Crippen molar-refractivity contribution in [1.29, 1.82) is 0 Å². The van der Waals surface area contributed by atoms with Gasteiger partial charge in [0.1, 0.15) is 0 Å². The molecule has 2 aromatic rings. The third kappa shape index (κ3) is 3.74. The minimum absolute atomic E-state index is 0.0213. The van der Waals surface area contributed by atoms with Gasteiger partial charge in [-0.3, -0.25) is 14.6 Å². The molecule has 0 aliphatic heterocycles. The van der Waals surface area contributed by atoms with Crippen LogP contribution in [-0.2, 0) is 9.59 Å². The largest absolute Gasteiger partial charge is 0.347 e. The van der Waals surface area contributed by atoms with Crippen LogP contribution in [0.5, 0.6) is 0 Å². The van der Waals surface area contributed by atoms with E-state index in [0.29, 0.717) is 5.69 Å². The van der Waals surface area contributed by atoms with E-state index in [1.54, 1.807) is 12.3 Å². The average molecular weight is 309 g/mol. The molecule has 0 radical (unpaired) electrons. The number of aromatic nitrogens is 1. The number of hydrogen-bond acceptors (Lipinski definition) is 3. The SMILES string of the molecule is O=C(CNC(=O)[C@@H]1CC=CCC1)Nc1cccc2cccnc12. The fraction of sp³-hybridized carbons (Fsp3) is 0.278. The highest BCUT2D eigenvalue weighted by Crippen LogP contribution is 2.20. The molecule has 2 amide bonds. The molecule has 118 valence electrons. The first-order chi connectivity index (χ1) is 11.2. The predicted molar refractivity (Wildman–Crippen MR) is 89.9 cm³/mol. The first-order valence-corrected chi connectivity index (χ1v) is 7.80. The molecule has 0 saturated carbocycles. The molecule has 1 aliphatic carbocycles. The number of anilines is 1. The Morgan fingerprint density at radius 2 is 2.04 bits per heavy atom. The summed E-state index contributed by atoms with van der Waals surface area (Å²) in [5.74, 6) is -0.324. The molecular weight excluding hydrogens is 290 g/mol. The molecule has 3 rings (SSSR count). The monoisotopic (exact) mass is 309 g/mol. The van der Waals surface area contributed by atoms with Crippen LogP contribution in [0, 0.1) is 5.92 Å². The molecule has 2 N–H and O–H groups in total. The van der Waals surface area contributed by atoms with Gasteiger partial charge in [0.2, 0.25) is 11.8 Å². The fourth-order valence-corrected chi connectivity index (χ4v) is 2.74. The van der Waals surface area contributed by atoms with Crippen molar-refractivity contribution >= 4 is 28.4 Å². The second-order valence-electron chi connectivity index (χ2n) is 5.63. The van der Waals surface area contributed by atoms with Crippen molar-refractivity contribution in [3.8, 4) is 0 Å². The fourth-order valence-electron chi connectivity index (χ4n) is 2.74. The van der Waals surface area contributed by atoms with Crippen LogP contribution in [-0.4, -0.2) is 23.3 Å². The van der Waals surface area contributed by atoms with Crippen LogP contribution in [0.2, 0.25) is 0 Å². The standard InChI is InChI=1S/C18H19N3O2/c22-16(12-20-18(23)14-6-2-1-3-7-14)21-15-10-4-8-13-9-5-11-19-17(13)15/h1-2,4-5,8-11,14H,3,6-7,12H2,(H,20,23)(H,21,22)/t14-/m1/s1. The summed E-state index contributed by atoms with van der Waals surface area (Å²) in [4.78, 5) is 28.4. The molecule has 1 aromatic heterocycles. The summed E-state index contributed by atoms with van der Waals surface area (Å²) >= 11 is 0. The minimum Gasteiger partial charge on any atom is -0.347 e. The highest BCUT2D eigenvalue weighted by molar-refractivity contribution is 6.01. The molecule has 0 fully saturated rings. The Bertz CT molecular complexity index is 750. The third-order valence-corrected chi connectivity index (χ3v) is 3.97. The molecule has 23 heavy (non-hydrogen) atoms. The van der Waals surface area contributed by atoms with Crippen LogP contribution < -0.4 is 10.6 Å². The Morgan fingerprint density at radius 3 is 2.87 bits per heavy atom. The van der Waals surface area contributed by atoms with Gasteiger partial charge in [-0.15, -0.1) is 0 Å². The number of nitrogens with zero attached hydrogens (tertiary/aromatic N) is 1. The van der Waals surface area contributed by atoms with Crippen LogP contribution >= 0.6 is 0 Å². The zero-order valence-corrected chi connectivity index (χ0v) is 12.8. The normalized spacial score (nSPS) is 17.0. The number of nitrogens with one attached hydrogen (secondary N) is 2. The number of carbonyl (C=O) groups excluding carboxylic acids is 2. The van der Waals surface area contributed by atoms with E-state index in [9.17, 15) is 9.59 Å². The summed E-state index contributed by atoms with van der Waals surface area (Å²) in [6, 6.07) is 9.41. The second kappa shape index (κ2) is 7.05. The van der Waals surface area contributed by atoms with Gasteiger partial charge < -0.3 is 10.6 Å². The van der Waals surface area contributed by atoms with Gasteiger partial charge in [-0.1, -0.05) is 30.4 Å². The molecule has 0 saturated heterocycles. The summed E-state index contributed by atoms with van der Waals surface area (Å²) in [6.07, 6.45) is 8.32. The van der Waals surface area contributed by atoms with Crippen molar-refractivity contribution in [2.75, 3.05) is 11.9 Å². The van der Waals surface area contributed by atoms with E-state index in [1.807, 2.05) is 30.3 Å². The van der Waals surface area contributed by atoms with Crippen molar-refractivity contribution in [3.05, 3.63) is 48.7 Å². The molecule has 1 aliphatic rings. The van der Waals surface area contributed by atoms with Gasteiger partial charge >= 0.3 is 0 Å². The lowest BCUT2D eigenvalue weighted by molar-refractivity contribution is -0.127. The van der Waals surface area contributed by atoms with Crippen LogP contribution in [0.1, 0.15) is 19.3 Å². The molecule has 5 heteroatoms. The maximum Gasteiger partial charge on any atom is 0.243 e. The molecule has 1 atom stereocenters. The summed E-state index contributed by atoms with van der Waals surface area (Å²) in [5.41, 5.74) is 1.40. The number of rotatable bonds is 4. The Kier molecular flexibility index (Phi) is 4.66. The van der Waals surface area contributed by atoms with Crippen molar-refractivity contribution in [2.45, 2.75) is 19.3 Å². The van der Waals surface area contributed by atoms with Gasteiger partial charge in [0.25, 0.3) is 0 Å². The van der Waals surface area contributed by atoms with E-state index in [0.717, 1.165) is 30.2 Å².